The minimum absolute atomic E-state index is 0.147. The molecule has 0 aliphatic heterocycles. The van der Waals surface area contributed by atoms with Crippen LogP contribution in [0.15, 0.2) is 53.8 Å². The van der Waals surface area contributed by atoms with Gasteiger partial charge in [-0.1, -0.05) is 53.7 Å². The number of hydrogen-bond donors (Lipinski definition) is 1. The molecule has 1 amide bonds. The maximum atomic E-state index is 12.1. The van der Waals surface area contributed by atoms with Crippen molar-refractivity contribution >= 4 is 35.1 Å². The van der Waals surface area contributed by atoms with E-state index in [1.165, 1.54) is 23.5 Å². The minimum atomic E-state index is -0.147. The van der Waals surface area contributed by atoms with E-state index < -0.39 is 0 Å². The van der Waals surface area contributed by atoms with Crippen LogP contribution >= 0.6 is 23.4 Å². The van der Waals surface area contributed by atoms with Gasteiger partial charge in [0.2, 0.25) is 5.91 Å². The van der Waals surface area contributed by atoms with Crippen molar-refractivity contribution < 1.29 is 4.79 Å². The zero-order chi connectivity index (χ0) is 19.1. The Balaban J connectivity index is 1.56. The van der Waals surface area contributed by atoms with Gasteiger partial charge in [-0.2, -0.15) is 0 Å². The summed E-state index contributed by atoms with van der Waals surface area (Å²) in [6.07, 6.45) is 3.22. The number of aryl methyl sites for hydroxylation is 2. The smallest absolute Gasteiger partial charge is 0.236 e. The standard InChI is InChI=1S/C19H20ClN5OS/c1-2-25-17(11-8-14-6-4-3-5-7-14)23-24-19(25)27-13-18(26)22-16-10-9-15(20)12-21-16/h3-7,9-10,12H,2,8,11,13H2,1H3,(H,21,22,26). The van der Waals surface area contributed by atoms with E-state index in [4.69, 9.17) is 11.6 Å². The Hall–Kier alpha value is -2.38. The lowest BCUT2D eigenvalue weighted by Gasteiger charge is -2.08. The number of pyridine rings is 1. The first-order valence-corrected chi connectivity index (χ1v) is 10.0. The summed E-state index contributed by atoms with van der Waals surface area (Å²) >= 11 is 7.16. The minimum Gasteiger partial charge on any atom is -0.310 e. The van der Waals surface area contributed by atoms with Crippen molar-refractivity contribution in [2.45, 2.75) is 31.5 Å². The molecule has 3 aromatic rings. The topological polar surface area (TPSA) is 72.7 Å². The first-order chi connectivity index (χ1) is 13.2. The van der Waals surface area contributed by atoms with Crippen molar-refractivity contribution in [2.24, 2.45) is 0 Å². The molecule has 0 fully saturated rings. The highest BCUT2D eigenvalue weighted by atomic mass is 35.5. The van der Waals surface area contributed by atoms with E-state index in [0.717, 1.165) is 30.4 Å². The molecule has 0 saturated heterocycles. The molecule has 2 heterocycles. The Labute approximate surface area is 167 Å². The van der Waals surface area contributed by atoms with Crippen molar-refractivity contribution in [2.75, 3.05) is 11.1 Å². The number of hydrogen-bond acceptors (Lipinski definition) is 5. The summed E-state index contributed by atoms with van der Waals surface area (Å²) in [5.74, 6) is 1.50. The molecule has 3 rings (SSSR count). The van der Waals surface area contributed by atoms with Crippen LogP contribution in [0, 0.1) is 0 Å². The summed E-state index contributed by atoms with van der Waals surface area (Å²) < 4.78 is 2.06. The highest BCUT2D eigenvalue weighted by molar-refractivity contribution is 7.99. The largest absolute Gasteiger partial charge is 0.310 e. The third kappa shape index (κ3) is 5.55. The molecule has 1 aromatic carbocycles. The normalized spacial score (nSPS) is 10.7. The van der Waals surface area contributed by atoms with Gasteiger partial charge in [-0.05, 0) is 31.0 Å². The zero-order valence-corrected chi connectivity index (χ0v) is 16.5. The van der Waals surface area contributed by atoms with E-state index in [2.05, 4.69) is 44.1 Å². The monoisotopic (exact) mass is 401 g/mol. The van der Waals surface area contributed by atoms with E-state index in [1.807, 2.05) is 18.2 Å². The number of thioether (sulfide) groups is 1. The number of nitrogens with zero attached hydrogens (tertiary/aromatic N) is 4. The molecule has 1 N–H and O–H groups in total. The van der Waals surface area contributed by atoms with Crippen LogP contribution < -0.4 is 5.32 Å². The predicted molar refractivity (Wildman–Crippen MR) is 108 cm³/mol. The van der Waals surface area contributed by atoms with Gasteiger partial charge in [-0.3, -0.25) is 4.79 Å². The third-order valence-electron chi connectivity index (χ3n) is 3.92. The zero-order valence-electron chi connectivity index (χ0n) is 14.9. The van der Waals surface area contributed by atoms with Gasteiger partial charge >= 0.3 is 0 Å². The lowest BCUT2D eigenvalue weighted by atomic mass is 10.1. The first-order valence-electron chi connectivity index (χ1n) is 8.66. The van der Waals surface area contributed by atoms with Crippen molar-refractivity contribution in [1.29, 1.82) is 0 Å². The van der Waals surface area contributed by atoms with Crippen molar-refractivity contribution in [3.05, 3.63) is 65.1 Å². The molecule has 0 saturated carbocycles. The predicted octanol–water partition coefficient (Wildman–Crippen LogP) is 3.86. The quantitative estimate of drug-likeness (QED) is 0.580. The summed E-state index contributed by atoms with van der Waals surface area (Å²) in [6, 6.07) is 13.7. The Morgan fingerprint density at radius 1 is 1.15 bits per heavy atom. The first kappa shape index (κ1) is 19.4. The number of carbonyl (C=O) groups is 1. The van der Waals surface area contributed by atoms with E-state index in [1.54, 1.807) is 12.1 Å². The Morgan fingerprint density at radius 3 is 2.67 bits per heavy atom. The highest BCUT2D eigenvalue weighted by Gasteiger charge is 2.13. The van der Waals surface area contributed by atoms with E-state index >= 15 is 0 Å². The van der Waals surface area contributed by atoms with Crippen LogP contribution in [0.5, 0.6) is 0 Å². The van der Waals surface area contributed by atoms with E-state index in [0.29, 0.717) is 10.8 Å². The van der Waals surface area contributed by atoms with Gasteiger partial charge in [0.25, 0.3) is 0 Å². The Morgan fingerprint density at radius 2 is 1.96 bits per heavy atom. The fraction of sp³-hybridized carbons (Fsp3) is 0.263. The highest BCUT2D eigenvalue weighted by Crippen LogP contribution is 2.19. The van der Waals surface area contributed by atoms with Gasteiger partial charge in [0.1, 0.15) is 11.6 Å². The molecule has 0 unspecified atom stereocenters. The van der Waals surface area contributed by atoms with Gasteiger partial charge in [-0.15, -0.1) is 10.2 Å². The fourth-order valence-electron chi connectivity index (χ4n) is 2.59. The number of halogens is 1. The summed E-state index contributed by atoms with van der Waals surface area (Å²) in [4.78, 5) is 16.2. The lowest BCUT2D eigenvalue weighted by molar-refractivity contribution is -0.113. The molecule has 2 aromatic heterocycles. The van der Waals surface area contributed by atoms with Crippen molar-refractivity contribution in [3.8, 4) is 0 Å². The number of benzene rings is 1. The Kier molecular flexibility index (Phi) is 6.84. The summed E-state index contributed by atoms with van der Waals surface area (Å²) in [5, 5.41) is 12.6. The maximum Gasteiger partial charge on any atom is 0.236 e. The molecule has 6 nitrogen and oxygen atoms in total. The molecule has 8 heteroatoms. The van der Waals surface area contributed by atoms with Gasteiger partial charge in [-0.25, -0.2) is 4.98 Å². The van der Waals surface area contributed by atoms with Crippen LogP contribution in [0.25, 0.3) is 0 Å². The second kappa shape index (κ2) is 9.53. The van der Waals surface area contributed by atoms with Crippen LogP contribution in [0.1, 0.15) is 18.3 Å². The van der Waals surface area contributed by atoms with Crippen molar-refractivity contribution in [1.82, 2.24) is 19.7 Å². The molecular formula is C19H20ClN5OS. The van der Waals surface area contributed by atoms with Crippen molar-refractivity contribution in [3.63, 3.8) is 0 Å². The fourth-order valence-corrected chi connectivity index (χ4v) is 3.52. The van der Waals surface area contributed by atoms with E-state index in [-0.39, 0.29) is 11.7 Å². The van der Waals surface area contributed by atoms with Gasteiger partial charge in [0, 0.05) is 19.2 Å². The molecular weight excluding hydrogens is 382 g/mol. The van der Waals surface area contributed by atoms with Crippen LogP contribution in [0.2, 0.25) is 5.02 Å². The summed E-state index contributed by atoms with van der Waals surface area (Å²) in [5.41, 5.74) is 1.27. The maximum absolute atomic E-state index is 12.1. The second-order valence-electron chi connectivity index (χ2n) is 5.83. The SMILES string of the molecule is CCn1c(CCc2ccccc2)nnc1SCC(=O)Nc1ccc(Cl)cn1. The number of nitrogens with one attached hydrogen (secondary N) is 1. The summed E-state index contributed by atoms with van der Waals surface area (Å²) in [7, 11) is 0. The average Bonchev–Trinajstić information content (AvgIpc) is 3.09. The number of carbonyl (C=O) groups excluding carboxylic acids is 1. The van der Waals surface area contributed by atoms with Gasteiger partial charge in [0.15, 0.2) is 5.16 Å². The van der Waals surface area contributed by atoms with Crippen LogP contribution in [0.3, 0.4) is 0 Å². The third-order valence-corrected chi connectivity index (χ3v) is 5.11. The van der Waals surface area contributed by atoms with Crippen LogP contribution in [-0.4, -0.2) is 31.4 Å². The van der Waals surface area contributed by atoms with Crippen LogP contribution in [-0.2, 0) is 24.2 Å². The molecule has 140 valence electrons. The molecule has 0 spiro atoms. The molecule has 0 atom stereocenters. The van der Waals surface area contributed by atoms with Gasteiger partial charge < -0.3 is 9.88 Å². The molecule has 27 heavy (non-hydrogen) atoms. The summed E-state index contributed by atoms with van der Waals surface area (Å²) in [6.45, 7) is 2.82. The van der Waals surface area contributed by atoms with E-state index in [9.17, 15) is 4.79 Å². The molecule has 0 bridgehead atoms. The molecule has 0 radical (unpaired) electrons. The second-order valence-corrected chi connectivity index (χ2v) is 7.21. The molecule has 0 aliphatic carbocycles. The van der Waals surface area contributed by atoms with Crippen LogP contribution in [0.4, 0.5) is 5.82 Å². The number of amides is 1. The van der Waals surface area contributed by atoms with Gasteiger partial charge in [0.05, 0.1) is 10.8 Å². The number of aromatic nitrogens is 4. The average molecular weight is 402 g/mol. The number of rotatable bonds is 8. The lowest BCUT2D eigenvalue weighted by Crippen LogP contribution is -2.15. The Bertz CT molecular complexity index is 883. The number of anilines is 1. The molecule has 0 aliphatic rings.